The van der Waals surface area contributed by atoms with Gasteiger partial charge in [0, 0.05) is 54.9 Å². The van der Waals surface area contributed by atoms with Gasteiger partial charge < -0.3 is 19.4 Å². The van der Waals surface area contributed by atoms with Gasteiger partial charge in [-0.15, -0.1) is 11.3 Å². The number of nitrogens with one attached hydrogen (secondary N) is 1. The predicted molar refractivity (Wildman–Crippen MR) is 151 cm³/mol. The van der Waals surface area contributed by atoms with Crippen LogP contribution in [0.3, 0.4) is 0 Å². The Kier molecular flexibility index (Phi) is 7.07. The van der Waals surface area contributed by atoms with E-state index in [0.717, 1.165) is 61.8 Å². The van der Waals surface area contributed by atoms with Gasteiger partial charge in [0.25, 0.3) is 0 Å². The summed E-state index contributed by atoms with van der Waals surface area (Å²) in [6.45, 7) is 11.5. The van der Waals surface area contributed by atoms with Crippen LogP contribution in [0.2, 0.25) is 0 Å². The highest BCUT2D eigenvalue weighted by Gasteiger charge is 2.31. The molecule has 8 nitrogen and oxygen atoms in total. The van der Waals surface area contributed by atoms with E-state index < -0.39 is 0 Å². The molecule has 1 aromatic carbocycles. The van der Waals surface area contributed by atoms with Crippen LogP contribution in [-0.4, -0.2) is 55.8 Å². The number of fused-ring (bicyclic) bond motifs is 3. The highest BCUT2D eigenvalue weighted by molar-refractivity contribution is 7.18. The molecule has 0 saturated carbocycles. The summed E-state index contributed by atoms with van der Waals surface area (Å²) < 4.78 is 14.0. The molecule has 4 aromatic rings. The van der Waals surface area contributed by atoms with E-state index >= 15 is 0 Å². The number of anilines is 1. The molecule has 0 aliphatic carbocycles. The first kappa shape index (κ1) is 25.3. The zero-order chi connectivity index (χ0) is 26.1. The third-order valence-corrected chi connectivity index (χ3v) is 8.65. The lowest BCUT2D eigenvalue weighted by Crippen LogP contribution is -2.39. The first-order valence-electron chi connectivity index (χ1n) is 13.6. The molecule has 1 fully saturated rings. The summed E-state index contributed by atoms with van der Waals surface area (Å²) in [6, 6.07) is 7.02. The fourth-order valence-corrected chi connectivity index (χ4v) is 6.67. The highest BCUT2D eigenvalue weighted by atomic mass is 32.1. The maximum atomic E-state index is 6.05. The van der Waals surface area contributed by atoms with Crippen molar-refractivity contribution in [2.24, 2.45) is 0 Å². The van der Waals surface area contributed by atoms with Crippen molar-refractivity contribution in [3.05, 3.63) is 64.8 Å². The zero-order valence-corrected chi connectivity index (χ0v) is 23.3. The van der Waals surface area contributed by atoms with Crippen LogP contribution in [0.15, 0.2) is 43.2 Å². The SMILES string of the molecule is CCOc1ccc(CN2CCC(Nc3ncnc4sc5c(c34)CC(C)(C)OC5)CC2)cc1Cn1ccnc1. The van der Waals surface area contributed by atoms with Crippen LogP contribution in [0, 0.1) is 0 Å². The second-order valence-corrected chi connectivity index (χ2v) is 12.0. The van der Waals surface area contributed by atoms with Crippen LogP contribution in [0.25, 0.3) is 10.2 Å². The Morgan fingerprint density at radius 3 is 2.84 bits per heavy atom. The standard InChI is InChI=1S/C29H36N6O2S/c1-4-36-24-6-5-20(13-21(24)16-35-12-9-30-19-35)15-34-10-7-22(8-11-34)33-27-26-23-14-29(2,3)37-17-25(23)38-28(26)32-18-31-27/h5-6,9,12-13,18-19,22H,4,7-8,10-11,14-17H2,1-3H3,(H,31,32,33). The van der Waals surface area contributed by atoms with Crippen LogP contribution < -0.4 is 10.1 Å². The third kappa shape index (κ3) is 5.41. The summed E-state index contributed by atoms with van der Waals surface area (Å²) in [5, 5.41) is 4.99. The molecule has 38 heavy (non-hydrogen) atoms. The Morgan fingerprint density at radius 2 is 2.05 bits per heavy atom. The van der Waals surface area contributed by atoms with E-state index in [4.69, 9.17) is 14.5 Å². The molecule has 1 saturated heterocycles. The van der Waals surface area contributed by atoms with Gasteiger partial charge in [0.15, 0.2) is 0 Å². The number of nitrogens with zero attached hydrogens (tertiary/aromatic N) is 5. The summed E-state index contributed by atoms with van der Waals surface area (Å²) in [6.07, 6.45) is 10.4. The minimum atomic E-state index is -0.154. The van der Waals surface area contributed by atoms with Gasteiger partial charge in [0.2, 0.25) is 0 Å². The molecule has 1 N–H and O–H groups in total. The lowest BCUT2D eigenvalue weighted by molar-refractivity contribution is -0.0379. The molecule has 2 aliphatic rings. The molecular weight excluding hydrogens is 496 g/mol. The highest BCUT2D eigenvalue weighted by Crippen LogP contribution is 2.40. The van der Waals surface area contributed by atoms with Crippen molar-refractivity contribution in [1.29, 1.82) is 0 Å². The number of imidazole rings is 1. The molecule has 0 spiro atoms. The van der Waals surface area contributed by atoms with Crippen molar-refractivity contribution >= 4 is 27.4 Å². The number of rotatable bonds is 8. The molecule has 0 amide bonds. The lowest BCUT2D eigenvalue weighted by atomic mass is 9.94. The van der Waals surface area contributed by atoms with Crippen molar-refractivity contribution < 1.29 is 9.47 Å². The van der Waals surface area contributed by atoms with E-state index in [9.17, 15) is 0 Å². The molecular formula is C29H36N6O2S. The van der Waals surface area contributed by atoms with E-state index in [1.807, 2.05) is 25.6 Å². The van der Waals surface area contributed by atoms with Crippen LogP contribution >= 0.6 is 11.3 Å². The maximum Gasteiger partial charge on any atom is 0.138 e. The van der Waals surface area contributed by atoms with Crippen LogP contribution in [0.1, 0.15) is 55.2 Å². The summed E-state index contributed by atoms with van der Waals surface area (Å²) >= 11 is 1.75. The summed E-state index contributed by atoms with van der Waals surface area (Å²) in [5.74, 6) is 1.94. The molecule has 0 atom stereocenters. The number of benzene rings is 1. The van der Waals surface area contributed by atoms with Crippen LogP contribution in [0.4, 0.5) is 5.82 Å². The summed E-state index contributed by atoms with van der Waals surface area (Å²) in [4.78, 5) is 18.4. The number of aromatic nitrogens is 4. The van der Waals surface area contributed by atoms with E-state index in [-0.39, 0.29) is 5.60 Å². The summed E-state index contributed by atoms with van der Waals surface area (Å²) in [5.41, 5.74) is 3.73. The van der Waals surface area contributed by atoms with E-state index in [0.29, 0.717) is 19.3 Å². The number of likely N-dealkylation sites (tertiary alicyclic amines) is 1. The predicted octanol–water partition coefficient (Wildman–Crippen LogP) is 5.26. The average molecular weight is 533 g/mol. The Bertz CT molecular complexity index is 1390. The van der Waals surface area contributed by atoms with E-state index in [2.05, 4.69) is 56.8 Å². The van der Waals surface area contributed by atoms with Gasteiger partial charge in [-0.05, 0) is 56.9 Å². The van der Waals surface area contributed by atoms with Gasteiger partial charge in [0.1, 0.15) is 22.7 Å². The Labute approximate surface area is 228 Å². The van der Waals surface area contributed by atoms with Gasteiger partial charge in [-0.3, -0.25) is 4.90 Å². The van der Waals surface area contributed by atoms with Crippen molar-refractivity contribution in [3.8, 4) is 5.75 Å². The van der Waals surface area contributed by atoms with Crippen LogP contribution in [-0.2, 0) is 30.9 Å². The molecule has 200 valence electrons. The maximum absolute atomic E-state index is 6.05. The van der Waals surface area contributed by atoms with Crippen molar-refractivity contribution in [3.63, 3.8) is 0 Å². The second-order valence-electron chi connectivity index (χ2n) is 10.9. The van der Waals surface area contributed by atoms with Crippen LogP contribution in [0.5, 0.6) is 5.75 Å². The van der Waals surface area contributed by atoms with E-state index in [1.165, 1.54) is 27.0 Å². The fraction of sp³-hybridized carbons (Fsp3) is 0.483. The normalized spacial score (nSPS) is 18.0. The number of hydrogen-bond acceptors (Lipinski definition) is 8. The quantitative estimate of drug-likeness (QED) is 0.332. The van der Waals surface area contributed by atoms with Gasteiger partial charge in [-0.1, -0.05) is 6.07 Å². The first-order valence-corrected chi connectivity index (χ1v) is 14.4. The summed E-state index contributed by atoms with van der Waals surface area (Å²) in [7, 11) is 0. The topological polar surface area (TPSA) is 77.3 Å². The zero-order valence-electron chi connectivity index (χ0n) is 22.4. The molecule has 2 aliphatic heterocycles. The van der Waals surface area contributed by atoms with Crippen molar-refractivity contribution in [2.45, 2.75) is 71.4 Å². The van der Waals surface area contributed by atoms with Crippen molar-refractivity contribution in [2.75, 3.05) is 25.0 Å². The molecule has 3 aromatic heterocycles. The minimum Gasteiger partial charge on any atom is -0.494 e. The molecule has 0 bridgehead atoms. The monoisotopic (exact) mass is 532 g/mol. The van der Waals surface area contributed by atoms with Gasteiger partial charge in [0.05, 0.1) is 37.1 Å². The molecule has 0 radical (unpaired) electrons. The molecule has 9 heteroatoms. The lowest BCUT2D eigenvalue weighted by Gasteiger charge is -2.33. The largest absolute Gasteiger partial charge is 0.494 e. The molecule has 5 heterocycles. The first-order chi connectivity index (χ1) is 18.5. The number of ether oxygens (including phenoxy) is 2. The third-order valence-electron chi connectivity index (χ3n) is 7.54. The van der Waals surface area contributed by atoms with E-state index in [1.54, 1.807) is 17.7 Å². The molecule has 0 unspecified atom stereocenters. The van der Waals surface area contributed by atoms with Gasteiger partial charge in [-0.25, -0.2) is 15.0 Å². The Balaban J connectivity index is 1.11. The number of hydrogen-bond donors (Lipinski definition) is 1. The molecule has 6 rings (SSSR count). The van der Waals surface area contributed by atoms with Gasteiger partial charge in [-0.2, -0.15) is 0 Å². The smallest absolute Gasteiger partial charge is 0.138 e. The minimum absolute atomic E-state index is 0.154. The fourth-order valence-electron chi connectivity index (χ4n) is 5.60. The number of thiophene rings is 1. The Morgan fingerprint density at radius 1 is 1.18 bits per heavy atom. The Hall–Kier alpha value is -3.01. The average Bonchev–Trinajstić information content (AvgIpc) is 3.54. The van der Waals surface area contributed by atoms with Gasteiger partial charge >= 0.3 is 0 Å². The number of piperidine rings is 1. The van der Waals surface area contributed by atoms with Crippen molar-refractivity contribution in [1.82, 2.24) is 24.4 Å². The second kappa shape index (κ2) is 10.6.